The van der Waals surface area contributed by atoms with Crippen LogP contribution in [0.4, 0.5) is 9.52 Å². The standard InChI is InChI=1S/C28H24FN3O3S/c1-15-13-16(8-10-18(15)29)24(33)22-23(20-7-5-6-12-30-20)32(26(35)25(22)34)27-31-19-11-9-17(28(2,3)4)14-21(19)36-27/h5-14,23,33H,1-4H3/b24-22+. The molecule has 1 saturated heterocycles. The van der Waals surface area contributed by atoms with Gasteiger partial charge in [-0.1, -0.05) is 44.2 Å². The first-order chi connectivity index (χ1) is 17.1. The quantitative estimate of drug-likeness (QED) is 0.210. The molecule has 1 aliphatic rings. The lowest BCUT2D eigenvalue weighted by Gasteiger charge is -2.22. The highest BCUT2D eigenvalue weighted by molar-refractivity contribution is 7.22. The Morgan fingerprint density at radius 2 is 1.86 bits per heavy atom. The van der Waals surface area contributed by atoms with Crippen molar-refractivity contribution >= 4 is 44.1 Å². The first-order valence-electron chi connectivity index (χ1n) is 11.5. The summed E-state index contributed by atoms with van der Waals surface area (Å²) in [5, 5.41) is 11.5. The number of fused-ring (bicyclic) bond motifs is 1. The smallest absolute Gasteiger partial charge is 0.301 e. The predicted octanol–water partition coefficient (Wildman–Crippen LogP) is 6.06. The number of ketones is 1. The van der Waals surface area contributed by atoms with Gasteiger partial charge in [0.2, 0.25) is 0 Å². The summed E-state index contributed by atoms with van der Waals surface area (Å²) in [6.45, 7) is 7.92. The van der Waals surface area contributed by atoms with Crippen LogP contribution in [0.3, 0.4) is 0 Å². The molecule has 0 saturated carbocycles. The number of nitrogens with zero attached hydrogens (tertiary/aromatic N) is 3. The second-order valence-corrected chi connectivity index (χ2v) is 10.8. The summed E-state index contributed by atoms with van der Waals surface area (Å²) in [6, 6.07) is 14.2. The van der Waals surface area contributed by atoms with Crippen molar-refractivity contribution in [1.29, 1.82) is 0 Å². The van der Waals surface area contributed by atoms with E-state index >= 15 is 0 Å². The van der Waals surface area contributed by atoms with Crippen molar-refractivity contribution < 1.29 is 19.1 Å². The summed E-state index contributed by atoms with van der Waals surface area (Å²) in [4.78, 5) is 37.0. The Morgan fingerprint density at radius 3 is 2.53 bits per heavy atom. The zero-order chi connectivity index (χ0) is 25.8. The van der Waals surface area contributed by atoms with E-state index in [0.717, 1.165) is 10.3 Å². The number of carbonyl (C=O) groups excluding carboxylic acids is 2. The van der Waals surface area contributed by atoms with Crippen LogP contribution in [0.1, 0.15) is 49.2 Å². The monoisotopic (exact) mass is 501 g/mol. The fourth-order valence-electron chi connectivity index (χ4n) is 4.28. The lowest BCUT2D eigenvalue weighted by molar-refractivity contribution is -0.132. The van der Waals surface area contributed by atoms with Crippen molar-refractivity contribution in [2.24, 2.45) is 0 Å². The third kappa shape index (κ3) is 3.97. The molecule has 1 N–H and O–H groups in total. The van der Waals surface area contributed by atoms with Crippen LogP contribution in [-0.2, 0) is 15.0 Å². The van der Waals surface area contributed by atoms with Gasteiger partial charge in [0, 0.05) is 11.8 Å². The summed E-state index contributed by atoms with van der Waals surface area (Å²) in [7, 11) is 0. The Balaban J connectivity index is 1.70. The normalized spacial score (nSPS) is 17.8. The SMILES string of the molecule is Cc1cc(/C(O)=C2\C(=O)C(=O)N(c3nc4ccc(C(C)(C)C)cc4s3)C2c2ccccn2)ccc1F. The van der Waals surface area contributed by atoms with Crippen LogP contribution in [0.5, 0.6) is 0 Å². The highest BCUT2D eigenvalue weighted by atomic mass is 32.1. The molecule has 0 bridgehead atoms. The molecule has 0 radical (unpaired) electrons. The molecular weight excluding hydrogens is 477 g/mol. The molecule has 1 aliphatic heterocycles. The summed E-state index contributed by atoms with van der Waals surface area (Å²) in [6.07, 6.45) is 1.56. The number of hydrogen-bond donors (Lipinski definition) is 1. The minimum atomic E-state index is -0.987. The number of aliphatic hydroxyl groups excluding tert-OH is 1. The molecule has 2 aromatic heterocycles. The Bertz CT molecular complexity index is 1550. The number of amides is 1. The molecule has 1 fully saturated rings. The van der Waals surface area contributed by atoms with Gasteiger partial charge in [0.15, 0.2) is 5.13 Å². The summed E-state index contributed by atoms with van der Waals surface area (Å²) < 4.78 is 14.7. The number of anilines is 1. The number of pyridine rings is 1. The van der Waals surface area contributed by atoms with Gasteiger partial charge in [0.1, 0.15) is 17.6 Å². The average molecular weight is 502 g/mol. The molecular formula is C28H24FN3O3S. The number of benzene rings is 2. The molecule has 182 valence electrons. The zero-order valence-electron chi connectivity index (χ0n) is 20.2. The van der Waals surface area contributed by atoms with Gasteiger partial charge in [0.25, 0.3) is 5.78 Å². The largest absolute Gasteiger partial charge is 0.507 e. The van der Waals surface area contributed by atoms with E-state index in [9.17, 15) is 19.1 Å². The van der Waals surface area contributed by atoms with E-state index in [2.05, 4.69) is 30.7 Å². The Morgan fingerprint density at radius 1 is 1.08 bits per heavy atom. The number of Topliss-reactive ketones (excluding diaryl/α,β-unsaturated/α-hetero) is 1. The fraction of sp³-hybridized carbons (Fsp3) is 0.214. The van der Waals surface area contributed by atoms with E-state index in [1.165, 1.54) is 34.4 Å². The maximum absolute atomic E-state index is 13.9. The summed E-state index contributed by atoms with van der Waals surface area (Å²) in [5.41, 5.74) is 2.61. The van der Waals surface area contributed by atoms with Crippen LogP contribution in [-0.4, -0.2) is 26.8 Å². The second kappa shape index (κ2) is 8.64. The van der Waals surface area contributed by atoms with Crippen molar-refractivity contribution in [3.05, 3.63) is 94.6 Å². The van der Waals surface area contributed by atoms with Crippen LogP contribution in [0.2, 0.25) is 0 Å². The molecule has 0 spiro atoms. The highest BCUT2D eigenvalue weighted by Gasteiger charge is 2.48. The number of carbonyl (C=O) groups is 2. The summed E-state index contributed by atoms with van der Waals surface area (Å²) in [5.74, 6) is -2.47. The molecule has 0 aliphatic carbocycles. The van der Waals surface area contributed by atoms with Crippen molar-refractivity contribution in [1.82, 2.24) is 9.97 Å². The number of rotatable bonds is 3. The van der Waals surface area contributed by atoms with E-state index in [0.29, 0.717) is 21.9 Å². The van der Waals surface area contributed by atoms with Gasteiger partial charge in [-0.05, 0) is 65.9 Å². The van der Waals surface area contributed by atoms with E-state index in [-0.39, 0.29) is 22.3 Å². The molecule has 4 aromatic rings. The molecule has 1 unspecified atom stereocenters. The number of halogens is 1. The first kappa shape index (κ1) is 23.8. The van der Waals surface area contributed by atoms with E-state index in [1.54, 1.807) is 31.3 Å². The Kier molecular flexibility index (Phi) is 5.71. The molecule has 36 heavy (non-hydrogen) atoms. The zero-order valence-corrected chi connectivity index (χ0v) is 21.1. The molecule has 1 atom stereocenters. The van der Waals surface area contributed by atoms with Crippen LogP contribution in [0, 0.1) is 12.7 Å². The topological polar surface area (TPSA) is 83.4 Å². The van der Waals surface area contributed by atoms with E-state index < -0.39 is 23.5 Å². The van der Waals surface area contributed by atoms with Crippen molar-refractivity contribution in [3.63, 3.8) is 0 Å². The van der Waals surface area contributed by atoms with Crippen molar-refractivity contribution in [2.45, 2.75) is 39.2 Å². The van der Waals surface area contributed by atoms with Gasteiger partial charge in [-0.15, -0.1) is 0 Å². The number of thiazole rings is 1. The minimum Gasteiger partial charge on any atom is -0.507 e. The fourth-order valence-corrected chi connectivity index (χ4v) is 5.31. The lowest BCUT2D eigenvalue weighted by atomic mass is 9.87. The number of aromatic nitrogens is 2. The first-order valence-corrected chi connectivity index (χ1v) is 12.3. The van der Waals surface area contributed by atoms with Crippen molar-refractivity contribution in [3.8, 4) is 0 Å². The third-order valence-corrected chi connectivity index (χ3v) is 7.31. The Labute approximate surface area is 211 Å². The minimum absolute atomic E-state index is 0.0662. The molecule has 5 rings (SSSR count). The van der Waals surface area contributed by atoms with E-state index in [4.69, 9.17) is 0 Å². The lowest BCUT2D eigenvalue weighted by Crippen LogP contribution is -2.29. The molecule has 2 aromatic carbocycles. The van der Waals surface area contributed by atoms with Crippen LogP contribution < -0.4 is 4.90 Å². The van der Waals surface area contributed by atoms with Gasteiger partial charge < -0.3 is 5.11 Å². The molecule has 6 nitrogen and oxygen atoms in total. The van der Waals surface area contributed by atoms with Gasteiger partial charge in [0.05, 0.1) is 21.5 Å². The highest BCUT2D eigenvalue weighted by Crippen LogP contribution is 2.44. The second-order valence-electron chi connectivity index (χ2n) is 9.82. The molecule has 3 heterocycles. The van der Waals surface area contributed by atoms with Crippen molar-refractivity contribution in [2.75, 3.05) is 4.90 Å². The van der Waals surface area contributed by atoms with Gasteiger partial charge in [-0.2, -0.15) is 0 Å². The predicted molar refractivity (Wildman–Crippen MR) is 138 cm³/mol. The Hall–Kier alpha value is -3.91. The van der Waals surface area contributed by atoms with Crippen LogP contribution >= 0.6 is 11.3 Å². The van der Waals surface area contributed by atoms with Crippen LogP contribution in [0.15, 0.2) is 66.4 Å². The average Bonchev–Trinajstić information content (AvgIpc) is 3.38. The maximum atomic E-state index is 13.9. The van der Waals surface area contributed by atoms with Gasteiger partial charge >= 0.3 is 5.91 Å². The third-order valence-electron chi connectivity index (χ3n) is 6.29. The van der Waals surface area contributed by atoms with Gasteiger partial charge in [-0.3, -0.25) is 19.5 Å². The van der Waals surface area contributed by atoms with Crippen LogP contribution in [0.25, 0.3) is 16.0 Å². The molecule has 1 amide bonds. The maximum Gasteiger partial charge on any atom is 0.301 e. The number of aryl methyl sites for hydroxylation is 1. The van der Waals surface area contributed by atoms with E-state index in [1.807, 2.05) is 18.2 Å². The molecule has 8 heteroatoms. The van der Waals surface area contributed by atoms with Gasteiger partial charge in [-0.25, -0.2) is 9.37 Å². The summed E-state index contributed by atoms with van der Waals surface area (Å²) >= 11 is 1.30. The number of aliphatic hydroxyl groups is 1. The number of hydrogen-bond acceptors (Lipinski definition) is 6.